The zero-order valence-electron chi connectivity index (χ0n) is 22.0. The molecule has 0 fully saturated rings. The van der Waals surface area contributed by atoms with E-state index in [2.05, 4.69) is 20.3 Å². The van der Waals surface area contributed by atoms with Crippen LogP contribution >= 0.6 is 0 Å². The summed E-state index contributed by atoms with van der Waals surface area (Å²) in [5.41, 5.74) is 15.7. The molecule has 0 aliphatic rings. The monoisotopic (exact) mass is 522 g/mol. The van der Waals surface area contributed by atoms with E-state index in [4.69, 9.17) is 25.7 Å². The Balaban J connectivity index is 1.85. The highest BCUT2D eigenvalue weighted by Gasteiger charge is 2.32. The van der Waals surface area contributed by atoms with E-state index in [1.54, 1.807) is 17.6 Å². The largest absolute Gasteiger partial charge is 0.493 e. The number of nitrogens with two attached hydrogens (primary N) is 2. The number of hydrogen-bond acceptors (Lipinski definition) is 11. The second-order valence-electron chi connectivity index (χ2n) is 8.64. The maximum atomic E-state index is 11.8. The summed E-state index contributed by atoms with van der Waals surface area (Å²) >= 11 is 0. The van der Waals surface area contributed by atoms with E-state index in [0.717, 1.165) is 16.5 Å². The number of rotatable bonds is 9. The van der Waals surface area contributed by atoms with Crippen molar-refractivity contribution in [3.63, 3.8) is 0 Å². The van der Waals surface area contributed by atoms with Crippen molar-refractivity contribution in [1.29, 1.82) is 0 Å². The predicted molar refractivity (Wildman–Crippen MR) is 144 cm³/mol. The van der Waals surface area contributed by atoms with Crippen molar-refractivity contribution in [1.82, 2.24) is 19.5 Å². The predicted octanol–water partition coefficient (Wildman–Crippen LogP) is 3.76. The van der Waals surface area contributed by atoms with E-state index in [9.17, 15) is 10.1 Å². The molecule has 13 heteroatoms. The number of imidazole rings is 1. The van der Waals surface area contributed by atoms with Crippen molar-refractivity contribution in [2.75, 3.05) is 38.1 Å². The molecule has 0 saturated carbocycles. The van der Waals surface area contributed by atoms with Gasteiger partial charge in [0.15, 0.2) is 17.3 Å². The number of hydrogen-bond donors (Lipinski definition) is 3. The lowest BCUT2D eigenvalue weighted by molar-refractivity contribution is -0.392. The fourth-order valence-corrected chi connectivity index (χ4v) is 4.79. The van der Waals surface area contributed by atoms with Gasteiger partial charge in [-0.15, -0.1) is 0 Å². The van der Waals surface area contributed by atoms with Crippen LogP contribution in [0.3, 0.4) is 0 Å². The summed E-state index contributed by atoms with van der Waals surface area (Å²) in [5, 5.41) is 15.9. The Morgan fingerprint density at radius 1 is 1.11 bits per heavy atom. The van der Waals surface area contributed by atoms with Crippen molar-refractivity contribution < 1.29 is 19.1 Å². The number of fused-ring (bicyclic) bond motifs is 1. The van der Waals surface area contributed by atoms with Gasteiger partial charge in [-0.05, 0) is 36.0 Å². The van der Waals surface area contributed by atoms with Gasteiger partial charge in [-0.25, -0.2) is 14.5 Å². The Bertz CT molecular complexity index is 1530. The molecule has 0 aliphatic heterocycles. The average Bonchev–Trinajstić information content (AvgIpc) is 3.28. The second kappa shape index (κ2) is 10.3. The van der Waals surface area contributed by atoms with Gasteiger partial charge >= 0.3 is 5.82 Å². The lowest BCUT2D eigenvalue weighted by Gasteiger charge is -2.24. The third-order valence-corrected chi connectivity index (χ3v) is 6.57. The molecule has 2 aromatic heterocycles. The normalized spacial score (nSPS) is 11.8. The van der Waals surface area contributed by atoms with Crippen molar-refractivity contribution >= 4 is 34.2 Å². The lowest BCUT2D eigenvalue weighted by Crippen LogP contribution is -2.16. The molecule has 5 N–H and O–H groups in total. The number of benzene rings is 2. The summed E-state index contributed by atoms with van der Waals surface area (Å²) in [7, 11) is 4.54. The zero-order chi connectivity index (χ0) is 27.7. The topological polar surface area (TPSA) is 178 Å². The number of aryl methyl sites for hydroxylation is 2. The molecule has 2 aromatic carbocycles. The molecular weight excluding hydrogens is 492 g/mol. The first kappa shape index (κ1) is 26.3. The van der Waals surface area contributed by atoms with Gasteiger partial charge in [0.05, 0.1) is 32.4 Å². The number of anilines is 3. The molecule has 4 aromatic rings. The van der Waals surface area contributed by atoms with E-state index in [0.29, 0.717) is 52.2 Å². The van der Waals surface area contributed by atoms with Crippen LogP contribution in [0.4, 0.5) is 23.3 Å². The summed E-state index contributed by atoms with van der Waals surface area (Å²) in [6.07, 6.45) is 1.24. The number of aromatic nitrogens is 4. The minimum absolute atomic E-state index is 0.111. The van der Waals surface area contributed by atoms with Crippen LogP contribution in [0, 0.1) is 24.0 Å². The van der Waals surface area contributed by atoms with Gasteiger partial charge in [0, 0.05) is 30.6 Å². The first-order valence-corrected chi connectivity index (χ1v) is 11.7. The third kappa shape index (κ3) is 4.42. The Kier molecular flexibility index (Phi) is 7.10. The molecule has 0 aliphatic carbocycles. The Morgan fingerprint density at radius 2 is 1.82 bits per heavy atom. The van der Waals surface area contributed by atoms with E-state index in [1.165, 1.54) is 27.5 Å². The van der Waals surface area contributed by atoms with Crippen molar-refractivity contribution in [2.45, 2.75) is 33.4 Å². The minimum atomic E-state index is -0.556. The van der Waals surface area contributed by atoms with Gasteiger partial charge in [-0.2, -0.15) is 4.98 Å². The minimum Gasteiger partial charge on any atom is -0.493 e. The van der Waals surface area contributed by atoms with E-state index < -0.39 is 11.0 Å². The number of nitrogens with one attached hydrogen (secondary N) is 1. The standard InChI is InChI=1S/C25H30N8O5/c1-12-15(7-8-16-20(12)24(26)31-25(27)30-16)10-29-17-9-18(36-4)22(37-5)23(38-6)21(17)13(2)32-14(3)28-11-19(32)33(34)35/h7-9,11,13,29H,10H2,1-6H3,(H4,26,27,30,31). The molecule has 0 radical (unpaired) electrons. The van der Waals surface area contributed by atoms with Crippen LogP contribution in [0.15, 0.2) is 24.4 Å². The fraction of sp³-hybridized carbons (Fsp3) is 0.320. The molecule has 0 amide bonds. The van der Waals surface area contributed by atoms with Gasteiger partial charge in [-0.3, -0.25) is 0 Å². The van der Waals surface area contributed by atoms with Crippen molar-refractivity contribution in [3.05, 3.63) is 57.0 Å². The van der Waals surface area contributed by atoms with Crippen molar-refractivity contribution in [3.8, 4) is 17.2 Å². The number of methoxy groups -OCH3 is 3. The number of ether oxygens (including phenoxy) is 3. The lowest BCUT2D eigenvalue weighted by atomic mass is 10.0. The maximum absolute atomic E-state index is 11.8. The van der Waals surface area contributed by atoms with Gasteiger partial charge in [0.2, 0.25) is 11.7 Å². The van der Waals surface area contributed by atoms with Crippen LogP contribution in [0.5, 0.6) is 17.2 Å². The first-order valence-electron chi connectivity index (χ1n) is 11.7. The molecule has 38 heavy (non-hydrogen) atoms. The van der Waals surface area contributed by atoms with Crippen LogP contribution in [0.2, 0.25) is 0 Å². The second-order valence-corrected chi connectivity index (χ2v) is 8.64. The summed E-state index contributed by atoms with van der Waals surface area (Å²) < 4.78 is 18.5. The van der Waals surface area contributed by atoms with Crippen LogP contribution in [0.25, 0.3) is 10.9 Å². The molecule has 200 valence electrons. The number of nitrogens with zero attached hydrogens (tertiary/aromatic N) is 5. The highest BCUT2D eigenvalue weighted by Crippen LogP contribution is 2.48. The Hall–Kier alpha value is -4.81. The number of nitrogen functional groups attached to an aromatic ring is 2. The Morgan fingerprint density at radius 3 is 2.45 bits per heavy atom. The Labute approximate surface area is 218 Å². The molecule has 0 spiro atoms. The summed E-state index contributed by atoms with van der Waals surface area (Å²) in [6.45, 7) is 5.86. The van der Waals surface area contributed by atoms with E-state index in [-0.39, 0.29) is 11.8 Å². The molecule has 0 saturated heterocycles. The molecule has 1 atom stereocenters. The van der Waals surface area contributed by atoms with Crippen LogP contribution in [0.1, 0.15) is 35.5 Å². The highest BCUT2D eigenvalue weighted by molar-refractivity contribution is 5.92. The molecule has 4 rings (SSSR count). The third-order valence-electron chi connectivity index (χ3n) is 6.57. The SMILES string of the molecule is COc1cc(NCc2ccc3nc(N)nc(N)c3c2C)c(C(C)n2c([N+](=O)[O-])cnc2C)c(OC)c1OC. The van der Waals surface area contributed by atoms with Crippen LogP contribution < -0.4 is 31.0 Å². The maximum Gasteiger partial charge on any atom is 0.343 e. The molecule has 13 nitrogen and oxygen atoms in total. The quantitative estimate of drug-likeness (QED) is 0.215. The average molecular weight is 523 g/mol. The smallest absolute Gasteiger partial charge is 0.343 e. The van der Waals surface area contributed by atoms with Gasteiger partial charge < -0.3 is 41.1 Å². The van der Waals surface area contributed by atoms with Crippen molar-refractivity contribution in [2.24, 2.45) is 0 Å². The summed E-state index contributed by atoms with van der Waals surface area (Å²) in [4.78, 5) is 23.8. The van der Waals surface area contributed by atoms with Gasteiger partial charge in [0.1, 0.15) is 18.1 Å². The first-order chi connectivity index (χ1) is 18.1. The number of nitro groups is 1. The van der Waals surface area contributed by atoms with Gasteiger partial charge in [0.25, 0.3) is 0 Å². The van der Waals surface area contributed by atoms with E-state index >= 15 is 0 Å². The molecule has 2 heterocycles. The summed E-state index contributed by atoms with van der Waals surface area (Å²) in [6, 6.07) is 4.99. The summed E-state index contributed by atoms with van der Waals surface area (Å²) in [5.74, 6) is 1.94. The fourth-order valence-electron chi connectivity index (χ4n) is 4.79. The van der Waals surface area contributed by atoms with Crippen LogP contribution in [-0.2, 0) is 6.54 Å². The zero-order valence-corrected chi connectivity index (χ0v) is 22.0. The van der Waals surface area contributed by atoms with Crippen LogP contribution in [-0.4, -0.2) is 45.8 Å². The van der Waals surface area contributed by atoms with Gasteiger partial charge in [-0.1, -0.05) is 6.07 Å². The molecular formula is C25H30N8O5. The van der Waals surface area contributed by atoms with E-state index in [1.807, 2.05) is 26.0 Å². The molecule has 0 bridgehead atoms. The molecule has 1 unspecified atom stereocenters. The highest BCUT2D eigenvalue weighted by atomic mass is 16.6.